The molecule has 0 aliphatic carbocycles. The molecular formula is C30H34Cl3N3O5S. The first-order valence-corrected chi connectivity index (χ1v) is 16.1. The standard InChI is InChI=1S/C30H34Cl3N3O5S/c1-4-17-34-30(38)26(5-2)35(19-21-11-12-23(32)18-25(21)33)29(37)20-36(27-9-7-8-10-28(27)41-6-3)42(39,40)24-15-13-22(31)14-16-24/h7-16,18,26H,4-6,17,19-20H2,1-3H3,(H,34,38)/t26-/m0/s1. The Morgan fingerprint density at radius 3 is 2.21 bits per heavy atom. The smallest absolute Gasteiger partial charge is 0.264 e. The molecule has 0 heterocycles. The highest BCUT2D eigenvalue weighted by Crippen LogP contribution is 2.33. The predicted octanol–water partition coefficient (Wildman–Crippen LogP) is 6.57. The van der Waals surface area contributed by atoms with Gasteiger partial charge >= 0.3 is 0 Å². The molecule has 12 heteroatoms. The molecule has 0 aliphatic heterocycles. The molecule has 8 nitrogen and oxygen atoms in total. The van der Waals surface area contributed by atoms with E-state index in [1.54, 1.807) is 56.3 Å². The van der Waals surface area contributed by atoms with Gasteiger partial charge in [0.2, 0.25) is 11.8 Å². The van der Waals surface area contributed by atoms with Crippen molar-refractivity contribution in [3.05, 3.63) is 87.4 Å². The van der Waals surface area contributed by atoms with Crippen molar-refractivity contribution >= 4 is 62.3 Å². The number of para-hydroxylation sites is 2. The molecule has 3 aromatic rings. The Balaban J connectivity index is 2.12. The SMILES string of the molecule is CCCNC(=O)[C@H](CC)N(Cc1ccc(Cl)cc1Cl)C(=O)CN(c1ccccc1OCC)S(=O)(=O)c1ccc(Cl)cc1. The number of nitrogens with one attached hydrogen (secondary N) is 1. The Morgan fingerprint density at radius 2 is 1.60 bits per heavy atom. The molecule has 0 spiro atoms. The van der Waals surface area contributed by atoms with E-state index in [0.717, 1.165) is 4.31 Å². The van der Waals surface area contributed by atoms with E-state index in [1.807, 2.05) is 6.92 Å². The number of amides is 2. The monoisotopic (exact) mass is 653 g/mol. The summed E-state index contributed by atoms with van der Waals surface area (Å²) in [7, 11) is -4.29. The molecule has 0 saturated heterocycles. The summed E-state index contributed by atoms with van der Waals surface area (Å²) in [6.45, 7) is 5.53. The highest BCUT2D eigenvalue weighted by Gasteiger charge is 2.35. The van der Waals surface area contributed by atoms with Crippen LogP contribution in [0.4, 0.5) is 5.69 Å². The molecule has 1 atom stereocenters. The maximum absolute atomic E-state index is 14.2. The van der Waals surface area contributed by atoms with Gasteiger partial charge in [0.15, 0.2) is 0 Å². The van der Waals surface area contributed by atoms with Crippen molar-refractivity contribution < 1.29 is 22.7 Å². The van der Waals surface area contributed by atoms with E-state index in [2.05, 4.69) is 5.32 Å². The second-order valence-electron chi connectivity index (χ2n) is 9.34. The van der Waals surface area contributed by atoms with Crippen LogP contribution in [-0.4, -0.2) is 50.9 Å². The maximum atomic E-state index is 14.2. The minimum absolute atomic E-state index is 0.0468. The minimum atomic E-state index is -4.29. The Bertz CT molecular complexity index is 1490. The highest BCUT2D eigenvalue weighted by molar-refractivity contribution is 7.92. The van der Waals surface area contributed by atoms with Crippen molar-refractivity contribution in [2.45, 2.75) is 51.1 Å². The number of hydrogen-bond donors (Lipinski definition) is 1. The Kier molecular flexibility index (Phi) is 12.4. The number of rotatable bonds is 14. The number of hydrogen-bond acceptors (Lipinski definition) is 5. The summed E-state index contributed by atoms with van der Waals surface area (Å²) in [6, 6.07) is 16.2. The second-order valence-corrected chi connectivity index (χ2v) is 12.5. The van der Waals surface area contributed by atoms with Crippen LogP contribution >= 0.6 is 34.8 Å². The van der Waals surface area contributed by atoms with Crippen LogP contribution in [0.2, 0.25) is 15.1 Å². The molecule has 3 aromatic carbocycles. The molecule has 0 unspecified atom stereocenters. The molecule has 0 saturated carbocycles. The molecule has 3 rings (SSSR count). The van der Waals surface area contributed by atoms with E-state index >= 15 is 0 Å². The number of nitrogens with zero attached hydrogens (tertiary/aromatic N) is 2. The summed E-state index contributed by atoms with van der Waals surface area (Å²) in [5.41, 5.74) is 0.730. The first kappa shape index (κ1) is 33.5. The van der Waals surface area contributed by atoms with Gasteiger partial charge in [-0.3, -0.25) is 13.9 Å². The molecule has 226 valence electrons. The van der Waals surface area contributed by atoms with E-state index in [4.69, 9.17) is 39.5 Å². The third-order valence-electron chi connectivity index (χ3n) is 6.41. The normalized spacial score (nSPS) is 12.0. The van der Waals surface area contributed by atoms with E-state index in [0.29, 0.717) is 33.6 Å². The summed E-state index contributed by atoms with van der Waals surface area (Å²) >= 11 is 18.6. The van der Waals surface area contributed by atoms with Crippen molar-refractivity contribution in [2.24, 2.45) is 0 Å². The van der Waals surface area contributed by atoms with Crippen molar-refractivity contribution in [2.75, 3.05) is 24.0 Å². The molecule has 0 bridgehead atoms. The Hall–Kier alpha value is -2.98. The van der Waals surface area contributed by atoms with Gasteiger partial charge in [-0.25, -0.2) is 8.42 Å². The van der Waals surface area contributed by atoms with Gasteiger partial charge in [-0.2, -0.15) is 0 Å². The number of carbonyl (C=O) groups is 2. The summed E-state index contributed by atoms with van der Waals surface area (Å²) in [6.07, 6.45) is 0.992. The summed E-state index contributed by atoms with van der Waals surface area (Å²) in [4.78, 5) is 28.7. The van der Waals surface area contributed by atoms with Crippen LogP contribution in [0, 0.1) is 0 Å². The largest absolute Gasteiger partial charge is 0.492 e. The number of anilines is 1. The number of carbonyl (C=O) groups excluding carboxylic acids is 2. The van der Waals surface area contributed by atoms with Gasteiger partial charge in [-0.15, -0.1) is 0 Å². The van der Waals surface area contributed by atoms with Crippen LogP contribution in [0.5, 0.6) is 5.75 Å². The summed E-state index contributed by atoms with van der Waals surface area (Å²) in [5.74, 6) is -0.673. The first-order chi connectivity index (χ1) is 20.0. The number of ether oxygens (including phenoxy) is 1. The third-order valence-corrected chi connectivity index (χ3v) is 9.02. The van der Waals surface area contributed by atoms with Gasteiger partial charge in [-0.1, -0.05) is 66.8 Å². The lowest BCUT2D eigenvalue weighted by Gasteiger charge is -2.33. The lowest BCUT2D eigenvalue weighted by Crippen LogP contribution is -2.52. The van der Waals surface area contributed by atoms with Crippen molar-refractivity contribution in [3.63, 3.8) is 0 Å². The molecule has 2 amide bonds. The molecule has 42 heavy (non-hydrogen) atoms. The maximum Gasteiger partial charge on any atom is 0.264 e. The van der Waals surface area contributed by atoms with Crippen LogP contribution < -0.4 is 14.4 Å². The van der Waals surface area contributed by atoms with Crippen LogP contribution in [0.3, 0.4) is 0 Å². The molecular weight excluding hydrogens is 621 g/mol. The zero-order valence-electron chi connectivity index (χ0n) is 23.6. The molecule has 0 fully saturated rings. The highest BCUT2D eigenvalue weighted by atomic mass is 35.5. The third kappa shape index (κ3) is 8.31. The number of halogens is 3. The predicted molar refractivity (Wildman–Crippen MR) is 168 cm³/mol. The van der Waals surface area contributed by atoms with E-state index in [9.17, 15) is 18.0 Å². The van der Waals surface area contributed by atoms with E-state index in [1.165, 1.54) is 29.2 Å². The van der Waals surface area contributed by atoms with Crippen LogP contribution in [-0.2, 0) is 26.2 Å². The zero-order valence-corrected chi connectivity index (χ0v) is 26.7. The van der Waals surface area contributed by atoms with Gasteiger partial charge in [0.1, 0.15) is 18.3 Å². The topological polar surface area (TPSA) is 96.0 Å². The lowest BCUT2D eigenvalue weighted by atomic mass is 10.1. The fourth-order valence-electron chi connectivity index (χ4n) is 4.31. The van der Waals surface area contributed by atoms with Crippen molar-refractivity contribution in [1.29, 1.82) is 0 Å². The lowest BCUT2D eigenvalue weighted by molar-refractivity contribution is -0.140. The number of benzene rings is 3. The Labute approximate surface area is 262 Å². The fourth-order valence-corrected chi connectivity index (χ4v) is 6.33. The average Bonchev–Trinajstić information content (AvgIpc) is 2.96. The second kappa shape index (κ2) is 15.5. The van der Waals surface area contributed by atoms with Gasteiger partial charge in [0, 0.05) is 28.2 Å². The fraction of sp³-hybridized carbons (Fsp3) is 0.333. The quantitative estimate of drug-likeness (QED) is 0.212. The molecule has 0 aromatic heterocycles. The number of sulfonamides is 1. The van der Waals surface area contributed by atoms with E-state index in [-0.39, 0.29) is 41.8 Å². The van der Waals surface area contributed by atoms with Gasteiger partial charge in [0.05, 0.1) is 17.2 Å². The summed E-state index contributed by atoms with van der Waals surface area (Å²) in [5, 5.41) is 3.95. The van der Waals surface area contributed by atoms with Gasteiger partial charge in [0.25, 0.3) is 10.0 Å². The Morgan fingerprint density at radius 1 is 0.929 bits per heavy atom. The van der Waals surface area contributed by atoms with E-state index < -0.39 is 28.5 Å². The molecule has 0 aliphatic rings. The molecule has 1 N–H and O–H groups in total. The van der Waals surface area contributed by atoms with Crippen LogP contribution in [0.1, 0.15) is 39.2 Å². The van der Waals surface area contributed by atoms with Gasteiger partial charge in [-0.05, 0) is 73.9 Å². The summed E-state index contributed by atoms with van der Waals surface area (Å²) < 4.78 is 34.9. The first-order valence-electron chi connectivity index (χ1n) is 13.5. The zero-order chi connectivity index (χ0) is 30.9. The van der Waals surface area contributed by atoms with Crippen molar-refractivity contribution in [3.8, 4) is 5.75 Å². The minimum Gasteiger partial charge on any atom is -0.492 e. The van der Waals surface area contributed by atoms with Gasteiger partial charge < -0.3 is 15.0 Å². The van der Waals surface area contributed by atoms with Crippen molar-refractivity contribution in [1.82, 2.24) is 10.2 Å². The van der Waals surface area contributed by atoms with Crippen LogP contribution in [0.25, 0.3) is 0 Å². The molecule has 0 radical (unpaired) electrons. The van der Waals surface area contributed by atoms with Crippen LogP contribution in [0.15, 0.2) is 71.6 Å². The average molecular weight is 655 g/mol.